The van der Waals surface area contributed by atoms with Gasteiger partial charge in [-0.05, 0) is 124 Å². The number of anilines is 1. The van der Waals surface area contributed by atoms with Crippen LogP contribution in [0.1, 0.15) is 90.5 Å². The molecule has 4 aliphatic carbocycles. The second-order valence-corrected chi connectivity index (χ2v) is 14.4. The third-order valence-electron chi connectivity index (χ3n) is 12.2. The number of rotatable bonds is 10. The molecule has 1 aromatic carbocycles. The molecule has 0 spiro atoms. The third kappa shape index (κ3) is 6.27. The number of aliphatic hydroxyl groups is 1. The van der Waals surface area contributed by atoms with Crippen molar-refractivity contribution in [2.24, 2.45) is 39.7 Å². The molecule has 1 aliphatic heterocycles. The van der Waals surface area contributed by atoms with Crippen molar-refractivity contribution in [3.05, 3.63) is 29.3 Å². The maximum atomic E-state index is 11.8. The summed E-state index contributed by atoms with van der Waals surface area (Å²) in [5, 5.41) is 21.2. The highest BCUT2D eigenvalue weighted by Gasteiger charge is 2.59. The molecule has 0 aromatic heterocycles. The number of oxime groups is 1. The molecule has 9 nitrogen and oxygen atoms in total. The van der Waals surface area contributed by atoms with E-state index in [2.05, 4.69) is 24.5 Å². The summed E-state index contributed by atoms with van der Waals surface area (Å²) in [6.45, 7) is 9.11. The quantitative estimate of drug-likeness (QED) is 0.158. The Morgan fingerprint density at radius 3 is 2.82 bits per heavy atom. The van der Waals surface area contributed by atoms with Crippen molar-refractivity contribution in [1.29, 1.82) is 0 Å². The van der Waals surface area contributed by atoms with E-state index in [0.29, 0.717) is 67.0 Å². The van der Waals surface area contributed by atoms with Gasteiger partial charge in [-0.25, -0.2) is 4.79 Å². The Balaban J connectivity index is 0.984. The van der Waals surface area contributed by atoms with Gasteiger partial charge in [0, 0.05) is 34.9 Å². The molecule has 0 saturated heterocycles. The molecule has 7 atom stereocenters. The minimum Gasteiger partial charge on any atom is -0.488 e. The Hall–Kier alpha value is -2.91. The average Bonchev–Trinajstić information content (AvgIpc) is 3.37. The van der Waals surface area contributed by atoms with Gasteiger partial charge in [-0.2, -0.15) is 0 Å². The smallest absolute Gasteiger partial charge is 0.411 e. The van der Waals surface area contributed by atoms with Gasteiger partial charge < -0.3 is 24.7 Å². The van der Waals surface area contributed by atoms with Crippen LogP contribution in [0.3, 0.4) is 0 Å². The van der Waals surface area contributed by atoms with Crippen LogP contribution in [0.2, 0.25) is 0 Å². The Morgan fingerprint density at radius 1 is 1.13 bits per heavy atom. The van der Waals surface area contributed by atoms with Crippen LogP contribution in [0.4, 0.5) is 10.5 Å². The van der Waals surface area contributed by atoms with Crippen LogP contribution in [0.5, 0.6) is 5.75 Å². The largest absolute Gasteiger partial charge is 0.488 e. The van der Waals surface area contributed by atoms with Crippen LogP contribution in [0.15, 0.2) is 28.9 Å². The number of fused-ring (bicyclic) bond motifs is 6. The first-order valence-electron chi connectivity index (χ1n) is 17.2. The summed E-state index contributed by atoms with van der Waals surface area (Å²) >= 11 is 0. The van der Waals surface area contributed by atoms with Crippen LogP contribution >= 0.6 is 0 Å². The van der Waals surface area contributed by atoms with E-state index in [1.807, 2.05) is 6.07 Å². The lowest BCUT2D eigenvalue weighted by Crippen LogP contribution is -2.54. The van der Waals surface area contributed by atoms with Crippen molar-refractivity contribution in [3.63, 3.8) is 0 Å². The van der Waals surface area contributed by atoms with Gasteiger partial charge in [-0.1, -0.05) is 19.0 Å². The highest BCUT2D eigenvalue weighted by Crippen LogP contribution is 2.65. The fourth-order valence-electron chi connectivity index (χ4n) is 9.82. The number of nitrogens with zero attached hydrogens (tertiary/aromatic N) is 1. The first kappa shape index (κ1) is 32.0. The molecule has 1 aromatic rings. The lowest BCUT2D eigenvalue weighted by molar-refractivity contribution is -0.114. The number of amides is 1. The predicted molar refractivity (Wildman–Crippen MR) is 174 cm³/mol. The van der Waals surface area contributed by atoms with E-state index in [1.54, 1.807) is 19.1 Å². The highest BCUT2D eigenvalue weighted by molar-refractivity contribution is 5.93. The third-order valence-corrected chi connectivity index (χ3v) is 12.2. The molecule has 246 valence electrons. The molecule has 9 heteroatoms. The molecule has 0 radical (unpaired) electrons. The van der Waals surface area contributed by atoms with Crippen molar-refractivity contribution in [3.8, 4) is 5.75 Å². The zero-order valence-corrected chi connectivity index (χ0v) is 27.2. The van der Waals surface area contributed by atoms with E-state index >= 15 is 0 Å². The number of carbonyl (C=O) groups excluding carboxylic acids is 2. The van der Waals surface area contributed by atoms with Crippen LogP contribution in [-0.4, -0.2) is 62.2 Å². The summed E-state index contributed by atoms with van der Waals surface area (Å²) < 4.78 is 10.8. The molecule has 0 bridgehead atoms. The van der Waals surface area contributed by atoms with Crippen LogP contribution in [-0.2, 0) is 14.4 Å². The summed E-state index contributed by atoms with van der Waals surface area (Å²) in [7, 11) is 0. The van der Waals surface area contributed by atoms with E-state index in [0.717, 1.165) is 48.5 Å². The summed E-state index contributed by atoms with van der Waals surface area (Å²) in [6.07, 6.45) is 11.4. The van der Waals surface area contributed by atoms with Crippen LogP contribution in [0.25, 0.3) is 5.57 Å². The van der Waals surface area contributed by atoms with Gasteiger partial charge in [-0.3, -0.25) is 10.1 Å². The molecule has 0 unspecified atom stereocenters. The van der Waals surface area contributed by atoms with E-state index in [9.17, 15) is 14.7 Å². The Morgan fingerprint density at radius 2 is 2.00 bits per heavy atom. The Labute approximate surface area is 267 Å². The second kappa shape index (κ2) is 13.4. The van der Waals surface area contributed by atoms with Crippen LogP contribution < -0.4 is 15.4 Å². The second-order valence-electron chi connectivity index (χ2n) is 14.4. The van der Waals surface area contributed by atoms with Crippen molar-refractivity contribution in [2.75, 3.05) is 38.2 Å². The predicted octanol–water partition coefficient (Wildman–Crippen LogP) is 6.36. The molecule has 3 N–H and O–H groups in total. The normalized spacial score (nSPS) is 34.6. The summed E-state index contributed by atoms with van der Waals surface area (Å²) in [5.41, 5.74) is 4.84. The summed E-state index contributed by atoms with van der Waals surface area (Å²) in [4.78, 5) is 29.5. The molecule has 4 fully saturated rings. The van der Waals surface area contributed by atoms with Gasteiger partial charge >= 0.3 is 6.09 Å². The zero-order chi connectivity index (χ0) is 31.6. The summed E-state index contributed by atoms with van der Waals surface area (Å²) in [5.74, 6) is 3.58. The lowest BCUT2D eigenvalue weighted by atomic mass is 9.45. The van der Waals surface area contributed by atoms with Gasteiger partial charge in [0.05, 0.1) is 18.4 Å². The molecule has 45 heavy (non-hydrogen) atoms. The van der Waals surface area contributed by atoms with Gasteiger partial charge in [0.2, 0.25) is 0 Å². The highest BCUT2D eigenvalue weighted by atomic mass is 16.6. The number of hydrogen-bond donors (Lipinski definition) is 3. The number of aldehydes is 1. The number of carbonyl (C=O) groups is 2. The maximum absolute atomic E-state index is 11.8. The molecule has 1 amide bonds. The first-order valence-corrected chi connectivity index (χ1v) is 17.2. The average molecular weight is 622 g/mol. The van der Waals surface area contributed by atoms with Crippen molar-refractivity contribution < 1.29 is 29.0 Å². The van der Waals surface area contributed by atoms with Gasteiger partial charge in [0.15, 0.2) is 0 Å². The fourth-order valence-corrected chi connectivity index (χ4v) is 9.82. The van der Waals surface area contributed by atoms with Gasteiger partial charge in [0.1, 0.15) is 25.2 Å². The SMILES string of the molecule is CCOC(=O)Nc1ccc2c(c1)OCC(C=O)=C2CCNCCO/N=C1/CC[C@H]2[C@@H]3CC[C@H]4C[C@H](O)CC[C@]4(C)[C@H]3CC[C@]12C. The molecule has 4 saturated carbocycles. The molecular weight excluding hydrogens is 570 g/mol. The molecular formula is C36H51N3O6. The van der Waals surface area contributed by atoms with Crippen LogP contribution in [0, 0.1) is 34.5 Å². The number of hydrogen-bond acceptors (Lipinski definition) is 8. The first-order chi connectivity index (χ1) is 21.8. The van der Waals surface area contributed by atoms with E-state index in [4.69, 9.17) is 19.5 Å². The van der Waals surface area contributed by atoms with Gasteiger partial charge in [0.25, 0.3) is 0 Å². The topological polar surface area (TPSA) is 118 Å². The fraction of sp³-hybridized carbons (Fsp3) is 0.694. The Bertz CT molecular complexity index is 1330. The molecule has 1 heterocycles. The van der Waals surface area contributed by atoms with Crippen molar-refractivity contribution >= 4 is 29.4 Å². The minimum atomic E-state index is -0.512. The number of nitrogens with one attached hydrogen (secondary N) is 2. The van der Waals surface area contributed by atoms with Crippen molar-refractivity contribution in [1.82, 2.24) is 5.32 Å². The monoisotopic (exact) mass is 621 g/mol. The molecule has 5 aliphatic rings. The van der Waals surface area contributed by atoms with E-state index in [-0.39, 0.29) is 18.1 Å². The lowest BCUT2D eigenvalue weighted by Gasteiger charge is -2.60. The number of benzene rings is 1. The standard InChI is InChI=1S/C36H51N3O6/c1-4-43-34(42)38-25-6-8-28-27(23(21-40)22-44-32(28)20-25)13-16-37-17-18-45-39-33-10-9-30-29-7-5-24-19-26(41)11-14-35(24,2)31(29)12-15-36(30,33)3/h6,8,20-21,24,26,29-31,37,41H,4-5,7,9-19,22H2,1-3H3,(H,38,42)/b39-33-/t24-,26+,29-,30-,31-,35-,36-/m0/s1. The van der Waals surface area contributed by atoms with E-state index < -0.39 is 6.09 Å². The number of aliphatic hydroxyl groups excluding tert-OH is 1. The van der Waals surface area contributed by atoms with Crippen molar-refractivity contribution in [2.45, 2.75) is 91.1 Å². The molecule has 6 rings (SSSR count). The maximum Gasteiger partial charge on any atom is 0.411 e. The minimum absolute atomic E-state index is 0.0914. The number of ether oxygens (including phenoxy) is 2. The summed E-state index contributed by atoms with van der Waals surface area (Å²) in [6, 6.07) is 5.43. The Kier molecular flexibility index (Phi) is 9.57. The van der Waals surface area contributed by atoms with E-state index in [1.165, 1.54) is 44.2 Å². The van der Waals surface area contributed by atoms with Gasteiger partial charge in [-0.15, -0.1) is 0 Å². The zero-order valence-electron chi connectivity index (χ0n) is 27.2.